The van der Waals surface area contributed by atoms with Gasteiger partial charge in [0.1, 0.15) is 0 Å². The van der Waals surface area contributed by atoms with Crippen molar-refractivity contribution < 1.29 is 37.8 Å². The lowest BCUT2D eigenvalue weighted by Gasteiger charge is -2.10. The summed E-state index contributed by atoms with van der Waals surface area (Å²) in [5.74, 6) is -4.26. The van der Waals surface area contributed by atoms with Crippen LogP contribution in [0, 0.1) is 0 Å². The number of aromatic nitrogens is 1. The maximum Gasteiger partial charge on any atom is 0.490 e. The third-order valence-corrected chi connectivity index (χ3v) is 3.99. The van der Waals surface area contributed by atoms with Crippen LogP contribution in [0.1, 0.15) is 15.9 Å². The van der Waals surface area contributed by atoms with Gasteiger partial charge >= 0.3 is 18.1 Å². The molecular formula is C23H17F3N2O5. The predicted octanol–water partition coefficient (Wildman–Crippen LogP) is 4.73. The number of aliphatic carboxylic acids is 1. The number of aromatic carboxylic acids is 1. The van der Waals surface area contributed by atoms with E-state index >= 15 is 0 Å². The second-order valence-electron chi connectivity index (χ2n) is 6.34. The number of hydrogen-bond acceptors (Lipinski definition) is 4. The molecule has 0 saturated heterocycles. The first-order chi connectivity index (χ1) is 15.6. The van der Waals surface area contributed by atoms with Gasteiger partial charge in [-0.1, -0.05) is 36.4 Å². The van der Waals surface area contributed by atoms with Crippen molar-refractivity contribution in [2.24, 2.45) is 0 Å². The van der Waals surface area contributed by atoms with Crippen molar-refractivity contribution in [3.05, 3.63) is 90.3 Å². The number of benzene rings is 2. The molecule has 0 radical (unpaired) electrons. The van der Waals surface area contributed by atoms with Crippen molar-refractivity contribution in [2.45, 2.75) is 6.18 Å². The SMILES string of the molecule is O=C(C=Cc1ccncc1)Nc1cc(-c2ccccc2)ccc1C(=O)O.O=C(O)C(F)(F)F. The number of halogens is 3. The van der Waals surface area contributed by atoms with Crippen LogP contribution in [0.5, 0.6) is 0 Å². The maximum absolute atomic E-state index is 12.2. The second kappa shape index (κ2) is 11.2. The fraction of sp³-hybridized carbons (Fsp3) is 0.0435. The van der Waals surface area contributed by atoms with Gasteiger partial charge in [-0.3, -0.25) is 9.78 Å². The van der Waals surface area contributed by atoms with Gasteiger partial charge in [-0.15, -0.1) is 0 Å². The summed E-state index contributed by atoms with van der Waals surface area (Å²) < 4.78 is 31.7. The minimum absolute atomic E-state index is 0.0374. The monoisotopic (exact) mass is 458 g/mol. The quantitative estimate of drug-likeness (QED) is 0.476. The van der Waals surface area contributed by atoms with Crippen LogP contribution in [0.25, 0.3) is 17.2 Å². The molecule has 0 spiro atoms. The first kappa shape index (κ1) is 24.8. The highest BCUT2D eigenvalue weighted by Gasteiger charge is 2.38. The van der Waals surface area contributed by atoms with Crippen molar-refractivity contribution >= 4 is 29.6 Å². The Morgan fingerprint density at radius 3 is 2.03 bits per heavy atom. The number of alkyl halides is 3. The molecule has 0 unspecified atom stereocenters. The zero-order valence-corrected chi connectivity index (χ0v) is 16.8. The van der Waals surface area contributed by atoms with Gasteiger partial charge in [-0.05, 0) is 47.0 Å². The van der Waals surface area contributed by atoms with E-state index in [1.165, 1.54) is 12.1 Å². The van der Waals surface area contributed by atoms with Crippen LogP contribution < -0.4 is 5.32 Å². The summed E-state index contributed by atoms with van der Waals surface area (Å²) in [4.78, 5) is 36.5. The molecule has 0 atom stereocenters. The summed E-state index contributed by atoms with van der Waals surface area (Å²) in [5.41, 5.74) is 2.88. The van der Waals surface area contributed by atoms with Crippen LogP contribution in [-0.4, -0.2) is 39.2 Å². The summed E-state index contributed by atoms with van der Waals surface area (Å²) in [5, 5.41) is 19.1. The third kappa shape index (κ3) is 7.94. The maximum atomic E-state index is 12.2. The van der Waals surface area contributed by atoms with Gasteiger partial charge in [0.2, 0.25) is 5.91 Å². The second-order valence-corrected chi connectivity index (χ2v) is 6.34. The molecule has 1 aromatic heterocycles. The Balaban J connectivity index is 0.000000479. The van der Waals surface area contributed by atoms with E-state index in [9.17, 15) is 27.9 Å². The Bertz CT molecular complexity index is 1150. The highest BCUT2D eigenvalue weighted by atomic mass is 19.4. The van der Waals surface area contributed by atoms with E-state index in [1.54, 1.807) is 42.7 Å². The van der Waals surface area contributed by atoms with Crippen molar-refractivity contribution in [1.82, 2.24) is 4.98 Å². The summed E-state index contributed by atoms with van der Waals surface area (Å²) >= 11 is 0. The minimum atomic E-state index is -5.08. The van der Waals surface area contributed by atoms with E-state index in [4.69, 9.17) is 9.90 Å². The van der Waals surface area contributed by atoms with E-state index in [-0.39, 0.29) is 11.3 Å². The molecule has 170 valence electrons. The van der Waals surface area contributed by atoms with Crippen LogP contribution in [-0.2, 0) is 9.59 Å². The zero-order valence-electron chi connectivity index (χ0n) is 16.8. The average Bonchev–Trinajstić information content (AvgIpc) is 2.78. The molecular weight excluding hydrogens is 441 g/mol. The number of carbonyl (C=O) groups is 3. The molecule has 0 aliphatic carbocycles. The standard InChI is InChI=1S/C21H16N2O3.C2HF3O2/c24-20(9-6-15-10-12-22-13-11-15)23-19-14-17(7-8-18(19)21(25)26)16-4-2-1-3-5-16;3-2(4,5)1(6)7/h1-14H,(H,23,24)(H,25,26);(H,6,7). The van der Waals surface area contributed by atoms with E-state index in [2.05, 4.69) is 10.3 Å². The Hall–Kier alpha value is -4.47. The fourth-order valence-corrected chi connectivity index (χ4v) is 2.47. The van der Waals surface area contributed by atoms with E-state index < -0.39 is 24.0 Å². The van der Waals surface area contributed by atoms with Crippen molar-refractivity contribution in [3.8, 4) is 11.1 Å². The van der Waals surface area contributed by atoms with E-state index in [0.717, 1.165) is 16.7 Å². The fourth-order valence-electron chi connectivity index (χ4n) is 2.47. The normalized spacial score (nSPS) is 10.8. The van der Waals surface area contributed by atoms with Crippen LogP contribution in [0.4, 0.5) is 18.9 Å². The van der Waals surface area contributed by atoms with Crippen LogP contribution in [0.2, 0.25) is 0 Å². The lowest BCUT2D eigenvalue weighted by Crippen LogP contribution is -2.21. The summed E-state index contributed by atoms with van der Waals surface area (Å²) in [6.07, 6.45) is 1.17. The third-order valence-electron chi connectivity index (χ3n) is 3.99. The van der Waals surface area contributed by atoms with Gasteiger partial charge < -0.3 is 15.5 Å². The van der Waals surface area contributed by atoms with Crippen LogP contribution in [0.15, 0.2) is 79.1 Å². The van der Waals surface area contributed by atoms with Crippen LogP contribution >= 0.6 is 0 Å². The van der Waals surface area contributed by atoms with Crippen molar-refractivity contribution in [3.63, 3.8) is 0 Å². The molecule has 0 fully saturated rings. The number of rotatable bonds is 5. The molecule has 3 N–H and O–H groups in total. The first-order valence-electron chi connectivity index (χ1n) is 9.20. The molecule has 0 aliphatic rings. The summed E-state index contributed by atoms with van der Waals surface area (Å²) in [6.45, 7) is 0. The lowest BCUT2D eigenvalue weighted by atomic mass is 10.0. The number of anilines is 1. The number of carboxylic acid groups (broad SMARTS) is 2. The highest BCUT2D eigenvalue weighted by Crippen LogP contribution is 2.26. The number of carboxylic acids is 2. The lowest BCUT2D eigenvalue weighted by molar-refractivity contribution is -0.192. The molecule has 1 amide bonds. The molecule has 33 heavy (non-hydrogen) atoms. The van der Waals surface area contributed by atoms with Gasteiger partial charge in [0.05, 0.1) is 11.3 Å². The largest absolute Gasteiger partial charge is 0.490 e. The number of hydrogen-bond donors (Lipinski definition) is 3. The Morgan fingerprint density at radius 2 is 1.48 bits per heavy atom. The number of nitrogens with one attached hydrogen (secondary N) is 1. The molecule has 0 bridgehead atoms. The summed E-state index contributed by atoms with van der Waals surface area (Å²) in [6, 6.07) is 18.0. The van der Waals surface area contributed by atoms with Crippen LogP contribution in [0.3, 0.4) is 0 Å². The highest BCUT2D eigenvalue weighted by molar-refractivity contribution is 6.06. The van der Waals surface area contributed by atoms with Crippen molar-refractivity contribution in [1.29, 1.82) is 0 Å². The Labute approximate surface area is 185 Å². The van der Waals surface area contributed by atoms with Gasteiger partial charge in [0, 0.05) is 18.5 Å². The van der Waals surface area contributed by atoms with Gasteiger partial charge in [0.25, 0.3) is 0 Å². The molecule has 7 nitrogen and oxygen atoms in total. The predicted molar refractivity (Wildman–Crippen MR) is 114 cm³/mol. The first-order valence-corrected chi connectivity index (χ1v) is 9.20. The average molecular weight is 458 g/mol. The molecule has 2 aromatic carbocycles. The smallest absolute Gasteiger partial charge is 0.478 e. The molecule has 3 aromatic rings. The molecule has 1 heterocycles. The topological polar surface area (TPSA) is 117 Å². The summed E-state index contributed by atoms with van der Waals surface area (Å²) in [7, 11) is 0. The van der Waals surface area contributed by atoms with E-state index in [1.807, 2.05) is 30.3 Å². The van der Waals surface area contributed by atoms with E-state index in [0.29, 0.717) is 0 Å². The van der Waals surface area contributed by atoms with Gasteiger partial charge in [-0.25, -0.2) is 9.59 Å². The van der Waals surface area contributed by atoms with Gasteiger partial charge in [-0.2, -0.15) is 13.2 Å². The minimum Gasteiger partial charge on any atom is -0.478 e. The molecule has 3 rings (SSSR count). The van der Waals surface area contributed by atoms with Gasteiger partial charge in [0.15, 0.2) is 0 Å². The number of amides is 1. The molecule has 10 heteroatoms. The number of carbonyl (C=O) groups excluding carboxylic acids is 1. The Morgan fingerprint density at radius 1 is 0.879 bits per heavy atom. The zero-order chi connectivity index (χ0) is 24.4. The Kier molecular flexibility index (Phi) is 8.44. The van der Waals surface area contributed by atoms with Crippen molar-refractivity contribution in [2.75, 3.05) is 5.32 Å². The molecule has 0 saturated carbocycles. The number of pyridine rings is 1. The molecule has 0 aliphatic heterocycles. The number of nitrogens with zero attached hydrogens (tertiary/aromatic N) is 1.